The van der Waals surface area contributed by atoms with Gasteiger partial charge in [-0.1, -0.05) is 29.8 Å². The standard InChI is InChI=1S/C16H18N2OS/c1-11-2-4-12(5-3-11)9-17-16(19)13-6-7-14-15(8-13)20-10-18-14/h2-5,10,13H,6-9H2,1H3,(H,17,19). The van der Waals surface area contributed by atoms with Gasteiger partial charge in [0.2, 0.25) is 5.91 Å². The second-order valence-electron chi connectivity index (χ2n) is 5.37. The Labute approximate surface area is 123 Å². The van der Waals surface area contributed by atoms with E-state index >= 15 is 0 Å². The number of hydrogen-bond donors (Lipinski definition) is 1. The van der Waals surface area contributed by atoms with Crippen LogP contribution in [0.4, 0.5) is 0 Å². The Balaban J connectivity index is 1.56. The minimum absolute atomic E-state index is 0.105. The highest BCUT2D eigenvalue weighted by Crippen LogP contribution is 2.27. The van der Waals surface area contributed by atoms with Crippen molar-refractivity contribution in [2.75, 3.05) is 0 Å². The van der Waals surface area contributed by atoms with Crippen LogP contribution in [0, 0.1) is 12.8 Å². The van der Waals surface area contributed by atoms with Crippen molar-refractivity contribution in [2.45, 2.75) is 32.7 Å². The molecule has 0 saturated carbocycles. The monoisotopic (exact) mass is 286 g/mol. The average molecular weight is 286 g/mol. The van der Waals surface area contributed by atoms with Crippen molar-refractivity contribution in [3.8, 4) is 0 Å². The molecule has 4 heteroatoms. The van der Waals surface area contributed by atoms with E-state index in [0.717, 1.165) is 24.8 Å². The number of nitrogens with zero attached hydrogens (tertiary/aromatic N) is 1. The van der Waals surface area contributed by atoms with Crippen molar-refractivity contribution in [1.82, 2.24) is 10.3 Å². The molecule has 1 N–H and O–H groups in total. The molecule has 0 aliphatic heterocycles. The lowest BCUT2D eigenvalue weighted by atomic mass is 9.90. The van der Waals surface area contributed by atoms with Gasteiger partial charge in [-0.2, -0.15) is 0 Å². The summed E-state index contributed by atoms with van der Waals surface area (Å²) < 4.78 is 0. The molecule has 0 spiro atoms. The summed E-state index contributed by atoms with van der Waals surface area (Å²) in [5.41, 5.74) is 5.47. The van der Waals surface area contributed by atoms with Crippen LogP contribution in [0.1, 0.15) is 28.1 Å². The minimum atomic E-state index is 0.105. The molecule has 0 fully saturated rings. The molecule has 1 amide bonds. The van der Waals surface area contributed by atoms with Gasteiger partial charge in [-0.05, 0) is 31.7 Å². The molecule has 1 heterocycles. The fourth-order valence-electron chi connectivity index (χ4n) is 2.56. The Morgan fingerprint density at radius 1 is 1.40 bits per heavy atom. The van der Waals surface area contributed by atoms with Crippen LogP contribution in [-0.4, -0.2) is 10.9 Å². The van der Waals surface area contributed by atoms with E-state index in [-0.39, 0.29) is 11.8 Å². The molecule has 1 aliphatic carbocycles. The summed E-state index contributed by atoms with van der Waals surface area (Å²) in [6.07, 6.45) is 2.69. The Hall–Kier alpha value is -1.68. The van der Waals surface area contributed by atoms with Gasteiger partial charge in [-0.3, -0.25) is 4.79 Å². The minimum Gasteiger partial charge on any atom is -0.352 e. The first-order valence-corrected chi connectivity index (χ1v) is 7.85. The lowest BCUT2D eigenvalue weighted by Crippen LogP contribution is -2.33. The summed E-state index contributed by atoms with van der Waals surface area (Å²) in [5, 5.41) is 3.06. The highest BCUT2D eigenvalue weighted by atomic mass is 32.1. The van der Waals surface area contributed by atoms with Gasteiger partial charge < -0.3 is 5.32 Å². The van der Waals surface area contributed by atoms with E-state index in [2.05, 4.69) is 41.5 Å². The highest BCUT2D eigenvalue weighted by Gasteiger charge is 2.25. The number of benzene rings is 1. The Morgan fingerprint density at radius 2 is 2.20 bits per heavy atom. The molecule has 1 unspecified atom stereocenters. The van der Waals surface area contributed by atoms with Crippen molar-refractivity contribution in [1.29, 1.82) is 0 Å². The molecule has 1 aliphatic rings. The first-order chi connectivity index (χ1) is 9.72. The van der Waals surface area contributed by atoms with Gasteiger partial charge in [0.25, 0.3) is 0 Å². The molecule has 2 aromatic rings. The number of thiazole rings is 1. The number of amides is 1. The predicted octanol–water partition coefficient (Wildman–Crippen LogP) is 2.87. The molecule has 1 aromatic carbocycles. The van der Waals surface area contributed by atoms with E-state index in [0.29, 0.717) is 6.54 Å². The zero-order chi connectivity index (χ0) is 13.9. The van der Waals surface area contributed by atoms with Crippen LogP contribution >= 0.6 is 11.3 Å². The molecule has 3 rings (SSSR count). The number of nitrogens with one attached hydrogen (secondary N) is 1. The molecule has 1 aromatic heterocycles. The van der Waals surface area contributed by atoms with Crippen LogP contribution in [0.3, 0.4) is 0 Å². The fraction of sp³-hybridized carbons (Fsp3) is 0.375. The van der Waals surface area contributed by atoms with Crippen molar-refractivity contribution < 1.29 is 4.79 Å². The summed E-state index contributed by atoms with van der Waals surface area (Å²) in [4.78, 5) is 17.9. The highest BCUT2D eigenvalue weighted by molar-refractivity contribution is 7.09. The molecule has 0 saturated heterocycles. The van der Waals surface area contributed by atoms with Gasteiger partial charge in [-0.15, -0.1) is 11.3 Å². The largest absolute Gasteiger partial charge is 0.352 e. The normalized spacial score (nSPS) is 17.6. The lowest BCUT2D eigenvalue weighted by Gasteiger charge is -2.20. The van der Waals surface area contributed by atoms with Crippen molar-refractivity contribution >= 4 is 17.2 Å². The first kappa shape index (κ1) is 13.3. The summed E-state index contributed by atoms with van der Waals surface area (Å²) in [6, 6.07) is 8.28. The number of hydrogen-bond acceptors (Lipinski definition) is 3. The third kappa shape index (κ3) is 2.90. The van der Waals surface area contributed by atoms with Crippen LogP contribution in [-0.2, 0) is 24.2 Å². The number of carbonyl (C=O) groups is 1. The van der Waals surface area contributed by atoms with E-state index in [1.54, 1.807) is 11.3 Å². The number of rotatable bonds is 3. The van der Waals surface area contributed by atoms with Crippen molar-refractivity contribution in [2.24, 2.45) is 5.92 Å². The molecule has 3 nitrogen and oxygen atoms in total. The summed E-state index contributed by atoms with van der Waals surface area (Å²) >= 11 is 1.67. The molecule has 0 radical (unpaired) electrons. The van der Waals surface area contributed by atoms with E-state index < -0.39 is 0 Å². The first-order valence-electron chi connectivity index (χ1n) is 6.97. The second kappa shape index (κ2) is 5.75. The van der Waals surface area contributed by atoms with E-state index in [1.165, 1.54) is 16.1 Å². The Bertz CT molecular complexity index is 603. The molecular weight excluding hydrogens is 268 g/mol. The lowest BCUT2D eigenvalue weighted by molar-refractivity contribution is -0.125. The summed E-state index contributed by atoms with van der Waals surface area (Å²) in [6.45, 7) is 2.68. The quantitative estimate of drug-likeness (QED) is 0.942. The second-order valence-corrected chi connectivity index (χ2v) is 6.30. The van der Waals surface area contributed by atoms with Gasteiger partial charge >= 0.3 is 0 Å². The van der Waals surface area contributed by atoms with E-state index in [4.69, 9.17) is 0 Å². The maximum absolute atomic E-state index is 12.2. The van der Waals surface area contributed by atoms with Crippen LogP contribution in [0.2, 0.25) is 0 Å². The topological polar surface area (TPSA) is 42.0 Å². The zero-order valence-electron chi connectivity index (χ0n) is 11.6. The van der Waals surface area contributed by atoms with Gasteiger partial charge in [-0.25, -0.2) is 4.98 Å². The number of carbonyl (C=O) groups excluding carboxylic acids is 1. The molecule has 1 atom stereocenters. The molecule has 0 bridgehead atoms. The number of aromatic nitrogens is 1. The molecular formula is C16H18N2OS. The fourth-order valence-corrected chi connectivity index (χ4v) is 3.46. The van der Waals surface area contributed by atoms with Crippen LogP contribution < -0.4 is 5.32 Å². The predicted molar refractivity (Wildman–Crippen MR) is 80.7 cm³/mol. The van der Waals surface area contributed by atoms with Gasteiger partial charge in [0.05, 0.1) is 11.2 Å². The third-order valence-corrected chi connectivity index (χ3v) is 4.74. The Kier molecular flexibility index (Phi) is 3.83. The van der Waals surface area contributed by atoms with Crippen LogP contribution in [0.15, 0.2) is 29.8 Å². The number of aryl methyl sites for hydroxylation is 2. The van der Waals surface area contributed by atoms with Crippen LogP contribution in [0.5, 0.6) is 0 Å². The molecule has 20 heavy (non-hydrogen) atoms. The Morgan fingerprint density at radius 3 is 3.00 bits per heavy atom. The van der Waals surface area contributed by atoms with Crippen LogP contribution in [0.25, 0.3) is 0 Å². The summed E-state index contributed by atoms with van der Waals surface area (Å²) in [5.74, 6) is 0.276. The summed E-state index contributed by atoms with van der Waals surface area (Å²) in [7, 11) is 0. The van der Waals surface area contributed by atoms with Gasteiger partial charge in [0.1, 0.15) is 0 Å². The number of fused-ring (bicyclic) bond motifs is 1. The molecule has 104 valence electrons. The average Bonchev–Trinajstić information content (AvgIpc) is 2.93. The maximum atomic E-state index is 12.2. The van der Waals surface area contributed by atoms with Crippen molar-refractivity contribution in [3.05, 3.63) is 51.5 Å². The van der Waals surface area contributed by atoms with E-state index in [1.807, 2.05) is 5.51 Å². The maximum Gasteiger partial charge on any atom is 0.223 e. The smallest absolute Gasteiger partial charge is 0.223 e. The van der Waals surface area contributed by atoms with E-state index in [9.17, 15) is 4.79 Å². The van der Waals surface area contributed by atoms with Gasteiger partial charge in [0, 0.05) is 17.3 Å². The van der Waals surface area contributed by atoms with Crippen molar-refractivity contribution in [3.63, 3.8) is 0 Å². The SMILES string of the molecule is Cc1ccc(CNC(=O)C2CCc3ncsc3C2)cc1. The third-order valence-electron chi connectivity index (χ3n) is 3.84. The van der Waals surface area contributed by atoms with Gasteiger partial charge in [0.15, 0.2) is 0 Å². The zero-order valence-corrected chi connectivity index (χ0v) is 12.4.